The summed E-state index contributed by atoms with van der Waals surface area (Å²) in [6, 6.07) is 14.0. The number of thioether (sulfide) groups is 1. The first-order valence-electron chi connectivity index (χ1n) is 8.87. The van der Waals surface area contributed by atoms with Crippen LogP contribution in [0.15, 0.2) is 66.2 Å². The fourth-order valence-electron chi connectivity index (χ4n) is 2.67. The number of anilines is 1. The van der Waals surface area contributed by atoms with Crippen molar-refractivity contribution in [2.24, 2.45) is 4.99 Å². The van der Waals surface area contributed by atoms with Gasteiger partial charge in [0.05, 0.1) is 12.8 Å². The van der Waals surface area contributed by atoms with E-state index in [4.69, 9.17) is 16.3 Å². The number of hydrogen-bond donors (Lipinski definition) is 1. The fourth-order valence-corrected chi connectivity index (χ4v) is 3.91. The lowest BCUT2D eigenvalue weighted by Gasteiger charge is -2.31. The SMILES string of the molecule is C=CCN1C(=O)C[C@H](C(=O)Nc2ccc(OC)cc2)SC1=Nc1ccc(Cl)cc1. The molecule has 8 heteroatoms. The molecule has 2 amide bonds. The lowest BCUT2D eigenvalue weighted by atomic mass is 10.2. The van der Waals surface area contributed by atoms with E-state index in [2.05, 4.69) is 16.9 Å². The molecule has 6 nitrogen and oxygen atoms in total. The van der Waals surface area contributed by atoms with E-state index < -0.39 is 5.25 Å². The molecule has 1 atom stereocenters. The Labute approximate surface area is 178 Å². The van der Waals surface area contributed by atoms with Crippen LogP contribution in [-0.4, -0.2) is 40.8 Å². The van der Waals surface area contributed by atoms with Gasteiger partial charge in [0.2, 0.25) is 11.8 Å². The normalized spacial score (nSPS) is 17.9. The summed E-state index contributed by atoms with van der Waals surface area (Å²) in [5.74, 6) is 0.268. The molecule has 1 saturated heterocycles. The molecule has 150 valence electrons. The average molecular weight is 430 g/mol. The zero-order valence-corrected chi connectivity index (χ0v) is 17.4. The van der Waals surface area contributed by atoms with Crippen LogP contribution >= 0.6 is 23.4 Å². The van der Waals surface area contributed by atoms with E-state index in [1.807, 2.05) is 0 Å². The van der Waals surface area contributed by atoms with Gasteiger partial charge in [0.15, 0.2) is 5.17 Å². The standard InChI is InChI=1S/C21H20ClN3O3S/c1-3-12-25-19(26)13-18(20(27)23-15-8-10-17(28-2)11-9-15)29-21(25)24-16-6-4-14(22)5-7-16/h3-11,18H,1,12-13H2,2H3,(H,23,27)/t18-/m1/s1. The summed E-state index contributed by atoms with van der Waals surface area (Å²) >= 11 is 7.18. The van der Waals surface area contributed by atoms with Crippen LogP contribution in [0.3, 0.4) is 0 Å². The van der Waals surface area contributed by atoms with Crippen LogP contribution < -0.4 is 10.1 Å². The van der Waals surface area contributed by atoms with Crippen LogP contribution in [0.1, 0.15) is 6.42 Å². The smallest absolute Gasteiger partial charge is 0.238 e. The minimum Gasteiger partial charge on any atom is -0.497 e. The Balaban J connectivity index is 1.79. The number of benzene rings is 2. The highest BCUT2D eigenvalue weighted by atomic mass is 35.5. The van der Waals surface area contributed by atoms with Crippen molar-refractivity contribution in [3.8, 4) is 5.75 Å². The maximum absolute atomic E-state index is 12.7. The highest BCUT2D eigenvalue weighted by Gasteiger charge is 2.35. The van der Waals surface area contributed by atoms with Gasteiger partial charge in [0, 0.05) is 23.7 Å². The Morgan fingerprint density at radius 3 is 2.62 bits per heavy atom. The third kappa shape index (κ3) is 5.40. The molecule has 1 aliphatic heterocycles. The Morgan fingerprint density at radius 2 is 2.00 bits per heavy atom. The number of aliphatic imine (C=N–C) groups is 1. The molecule has 0 saturated carbocycles. The predicted octanol–water partition coefficient (Wildman–Crippen LogP) is 4.49. The fraction of sp³-hybridized carbons (Fsp3) is 0.190. The number of nitrogens with zero attached hydrogens (tertiary/aromatic N) is 2. The van der Waals surface area contributed by atoms with Crippen molar-refractivity contribution in [3.05, 3.63) is 66.2 Å². The first-order valence-corrected chi connectivity index (χ1v) is 10.1. The molecule has 1 fully saturated rings. The van der Waals surface area contributed by atoms with Crippen LogP contribution in [-0.2, 0) is 9.59 Å². The molecule has 29 heavy (non-hydrogen) atoms. The third-order valence-electron chi connectivity index (χ3n) is 4.15. The van der Waals surface area contributed by atoms with E-state index in [0.717, 1.165) is 0 Å². The molecule has 1 N–H and O–H groups in total. The number of amides is 2. The van der Waals surface area contributed by atoms with Gasteiger partial charge in [-0.2, -0.15) is 0 Å². The van der Waals surface area contributed by atoms with Crippen molar-refractivity contribution in [2.75, 3.05) is 19.0 Å². The van der Waals surface area contributed by atoms with E-state index in [1.54, 1.807) is 61.7 Å². The van der Waals surface area contributed by atoms with E-state index in [-0.39, 0.29) is 18.2 Å². The minimum atomic E-state index is -0.586. The summed E-state index contributed by atoms with van der Waals surface area (Å²) in [5, 5.41) is 3.31. The summed E-state index contributed by atoms with van der Waals surface area (Å²) in [7, 11) is 1.58. The molecule has 1 aliphatic rings. The second-order valence-corrected chi connectivity index (χ2v) is 7.80. The highest BCUT2D eigenvalue weighted by Crippen LogP contribution is 2.30. The molecule has 0 aromatic heterocycles. The van der Waals surface area contributed by atoms with Gasteiger partial charge in [0.25, 0.3) is 0 Å². The van der Waals surface area contributed by atoms with Crippen LogP contribution in [0.4, 0.5) is 11.4 Å². The van der Waals surface area contributed by atoms with E-state index in [1.165, 1.54) is 16.7 Å². The molecule has 3 rings (SSSR count). The van der Waals surface area contributed by atoms with Gasteiger partial charge in [-0.1, -0.05) is 29.4 Å². The van der Waals surface area contributed by atoms with E-state index in [9.17, 15) is 9.59 Å². The zero-order valence-electron chi connectivity index (χ0n) is 15.8. The van der Waals surface area contributed by atoms with Crippen LogP contribution in [0.25, 0.3) is 0 Å². The summed E-state index contributed by atoms with van der Waals surface area (Å²) in [6.45, 7) is 4.03. The number of carbonyl (C=O) groups excluding carboxylic acids is 2. The van der Waals surface area contributed by atoms with Crippen molar-refractivity contribution in [3.63, 3.8) is 0 Å². The first-order chi connectivity index (χ1) is 14.0. The van der Waals surface area contributed by atoms with Crippen LogP contribution in [0, 0.1) is 0 Å². The third-order valence-corrected chi connectivity index (χ3v) is 5.59. The summed E-state index contributed by atoms with van der Waals surface area (Å²) in [5.41, 5.74) is 1.28. The Kier molecular flexibility index (Phi) is 6.95. The zero-order chi connectivity index (χ0) is 20.8. The lowest BCUT2D eigenvalue weighted by molar-refractivity contribution is -0.129. The molecular formula is C21H20ClN3O3S. The monoisotopic (exact) mass is 429 g/mol. The molecule has 0 bridgehead atoms. The summed E-state index contributed by atoms with van der Waals surface area (Å²) in [4.78, 5) is 31.5. The topological polar surface area (TPSA) is 71.0 Å². The number of halogens is 1. The van der Waals surface area contributed by atoms with Crippen molar-refractivity contribution in [1.82, 2.24) is 4.90 Å². The number of hydrogen-bond acceptors (Lipinski definition) is 5. The summed E-state index contributed by atoms with van der Waals surface area (Å²) < 4.78 is 5.12. The molecule has 0 radical (unpaired) electrons. The molecule has 0 unspecified atom stereocenters. The second kappa shape index (κ2) is 9.62. The minimum absolute atomic E-state index is 0.0835. The number of nitrogens with one attached hydrogen (secondary N) is 1. The van der Waals surface area contributed by atoms with Gasteiger partial charge >= 0.3 is 0 Å². The van der Waals surface area contributed by atoms with Crippen molar-refractivity contribution in [2.45, 2.75) is 11.7 Å². The Morgan fingerprint density at radius 1 is 1.31 bits per heavy atom. The number of rotatable bonds is 6. The largest absolute Gasteiger partial charge is 0.497 e. The van der Waals surface area contributed by atoms with Gasteiger partial charge in [-0.3, -0.25) is 14.5 Å². The van der Waals surface area contributed by atoms with Crippen LogP contribution in [0.2, 0.25) is 5.02 Å². The van der Waals surface area contributed by atoms with Crippen molar-refractivity contribution < 1.29 is 14.3 Å². The number of amidine groups is 1. The number of methoxy groups -OCH3 is 1. The molecular weight excluding hydrogens is 410 g/mol. The molecule has 1 heterocycles. The molecule has 2 aromatic rings. The molecule has 2 aromatic carbocycles. The van der Waals surface area contributed by atoms with Crippen molar-refractivity contribution >= 4 is 51.7 Å². The van der Waals surface area contributed by atoms with Gasteiger partial charge in [-0.05, 0) is 48.5 Å². The number of ether oxygens (including phenoxy) is 1. The predicted molar refractivity (Wildman–Crippen MR) is 118 cm³/mol. The lowest BCUT2D eigenvalue weighted by Crippen LogP contribution is -2.45. The maximum atomic E-state index is 12.7. The summed E-state index contributed by atoms with van der Waals surface area (Å²) in [6.07, 6.45) is 1.72. The van der Waals surface area contributed by atoms with Gasteiger partial charge < -0.3 is 10.1 Å². The van der Waals surface area contributed by atoms with Gasteiger partial charge in [0.1, 0.15) is 11.0 Å². The van der Waals surface area contributed by atoms with E-state index >= 15 is 0 Å². The highest BCUT2D eigenvalue weighted by molar-refractivity contribution is 8.15. The Hall–Kier alpha value is -2.77. The van der Waals surface area contributed by atoms with Gasteiger partial charge in [-0.25, -0.2) is 4.99 Å². The quantitative estimate of drug-likeness (QED) is 0.686. The first kappa shape index (κ1) is 21.0. The van der Waals surface area contributed by atoms with E-state index in [0.29, 0.717) is 33.9 Å². The van der Waals surface area contributed by atoms with Crippen molar-refractivity contribution in [1.29, 1.82) is 0 Å². The molecule has 0 aliphatic carbocycles. The average Bonchev–Trinajstić information content (AvgIpc) is 2.72. The second-order valence-electron chi connectivity index (χ2n) is 6.19. The maximum Gasteiger partial charge on any atom is 0.238 e. The Bertz CT molecular complexity index is 929. The molecule has 0 spiro atoms. The van der Waals surface area contributed by atoms with Gasteiger partial charge in [-0.15, -0.1) is 6.58 Å². The number of carbonyl (C=O) groups is 2. The van der Waals surface area contributed by atoms with Crippen LogP contribution in [0.5, 0.6) is 5.75 Å².